The van der Waals surface area contributed by atoms with Crippen LogP contribution >= 0.6 is 0 Å². The standard InChI is InChI=1S/C22H30O4/c1-8-16(4)15-26-19(7)14-21(20(10-3)22(23)24)25-13-11-12-18(6)17(5)9-2/h8-10,14H,1-2,4,7,11-13,15H2,3,5-6H3,(H,23,24)/b18-17+,20-10+,21-14+. The third-order valence-corrected chi connectivity index (χ3v) is 3.74. The summed E-state index contributed by atoms with van der Waals surface area (Å²) in [4.78, 5) is 11.4. The first-order chi connectivity index (χ1) is 12.3. The zero-order valence-electron chi connectivity index (χ0n) is 16.1. The summed E-state index contributed by atoms with van der Waals surface area (Å²) in [5.41, 5.74) is 3.14. The van der Waals surface area contributed by atoms with Crippen molar-refractivity contribution in [2.75, 3.05) is 13.2 Å². The average molecular weight is 358 g/mol. The summed E-state index contributed by atoms with van der Waals surface area (Å²) < 4.78 is 11.1. The highest BCUT2D eigenvalue weighted by Gasteiger charge is 2.14. The summed E-state index contributed by atoms with van der Waals surface area (Å²) in [6.45, 7) is 21.2. The maximum Gasteiger partial charge on any atom is 0.339 e. The molecule has 0 aromatic rings. The van der Waals surface area contributed by atoms with Crippen molar-refractivity contribution in [3.8, 4) is 0 Å². The van der Waals surface area contributed by atoms with Gasteiger partial charge in [0.15, 0.2) is 0 Å². The lowest BCUT2D eigenvalue weighted by Gasteiger charge is -2.13. The Bertz CT molecular complexity index is 645. The zero-order chi connectivity index (χ0) is 20.1. The molecular formula is C22H30O4. The zero-order valence-corrected chi connectivity index (χ0v) is 16.1. The van der Waals surface area contributed by atoms with Crippen LogP contribution in [-0.2, 0) is 14.3 Å². The van der Waals surface area contributed by atoms with E-state index in [0.717, 1.165) is 18.4 Å². The minimum absolute atomic E-state index is 0.0619. The minimum atomic E-state index is -1.07. The molecule has 0 fully saturated rings. The van der Waals surface area contributed by atoms with E-state index in [4.69, 9.17) is 9.47 Å². The van der Waals surface area contributed by atoms with E-state index in [2.05, 4.69) is 26.3 Å². The van der Waals surface area contributed by atoms with Crippen LogP contribution < -0.4 is 0 Å². The quantitative estimate of drug-likeness (QED) is 0.205. The van der Waals surface area contributed by atoms with Gasteiger partial charge in [-0.15, -0.1) is 0 Å². The van der Waals surface area contributed by atoms with E-state index in [-0.39, 0.29) is 17.9 Å². The number of ether oxygens (including phenoxy) is 2. The van der Waals surface area contributed by atoms with Gasteiger partial charge in [-0.05, 0) is 39.2 Å². The predicted octanol–water partition coefficient (Wildman–Crippen LogP) is 5.49. The number of hydrogen-bond donors (Lipinski definition) is 1. The van der Waals surface area contributed by atoms with E-state index < -0.39 is 5.97 Å². The number of allylic oxidation sites excluding steroid dienone is 5. The molecule has 0 aromatic heterocycles. The van der Waals surface area contributed by atoms with Crippen LogP contribution in [0.4, 0.5) is 0 Å². The molecule has 0 rings (SSSR count). The molecule has 0 saturated heterocycles. The Balaban J connectivity index is 5.02. The van der Waals surface area contributed by atoms with Gasteiger partial charge in [-0.3, -0.25) is 0 Å². The fraction of sp³-hybridized carbons (Fsp3) is 0.318. The van der Waals surface area contributed by atoms with Crippen LogP contribution in [0.3, 0.4) is 0 Å². The summed E-state index contributed by atoms with van der Waals surface area (Å²) in [5.74, 6) is -0.556. The largest absolute Gasteiger partial charge is 0.493 e. The van der Waals surface area contributed by atoms with Crippen LogP contribution in [0.5, 0.6) is 0 Å². The Labute approximate surface area is 157 Å². The van der Waals surface area contributed by atoms with Crippen molar-refractivity contribution in [1.29, 1.82) is 0 Å². The van der Waals surface area contributed by atoms with Crippen molar-refractivity contribution >= 4 is 5.97 Å². The molecule has 142 valence electrons. The van der Waals surface area contributed by atoms with Crippen LogP contribution in [0.2, 0.25) is 0 Å². The van der Waals surface area contributed by atoms with Crippen molar-refractivity contribution in [2.45, 2.75) is 33.6 Å². The number of rotatable bonds is 13. The normalized spacial score (nSPS) is 12.7. The maximum atomic E-state index is 11.4. The van der Waals surface area contributed by atoms with E-state index in [1.807, 2.05) is 19.9 Å². The fourth-order valence-electron chi connectivity index (χ4n) is 1.89. The molecule has 1 N–H and O–H groups in total. The second kappa shape index (κ2) is 12.6. The maximum absolute atomic E-state index is 11.4. The summed E-state index contributed by atoms with van der Waals surface area (Å²) in [5, 5.41) is 9.36. The van der Waals surface area contributed by atoms with E-state index in [0.29, 0.717) is 17.9 Å². The lowest BCUT2D eigenvalue weighted by molar-refractivity contribution is -0.132. The van der Waals surface area contributed by atoms with Crippen molar-refractivity contribution in [3.05, 3.63) is 84.4 Å². The second-order valence-corrected chi connectivity index (χ2v) is 5.75. The molecule has 0 amide bonds. The van der Waals surface area contributed by atoms with Gasteiger partial charge >= 0.3 is 5.97 Å². The van der Waals surface area contributed by atoms with E-state index in [1.165, 1.54) is 17.7 Å². The van der Waals surface area contributed by atoms with Gasteiger partial charge in [0.2, 0.25) is 0 Å². The molecule has 0 aromatic carbocycles. The minimum Gasteiger partial charge on any atom is -0.493 e. The molecule has 0 atom stereocenters. The topological polar surface area (TPSA) is 55.8 Å². The molecule has 4 nitrogen and oxygen atoms in total. The molecule has 0 unspecified atom stereocenters. The van der Waals surface area contributed by atoms with Crippen LogP contribution in [-0.4, -0.2) is 24.3 Å². The number of carbonyl (C=O) groups is 1. The summed E-state index contributed by atoms with van der Waals surface area (Å²) in [6.07, 6.45) is 7.98. The third kappa shape index (κ3) is 8.92. The number of hydrogen-bond acceptors (Lipinski definition) is 3. The third-order valence-electron chi connectivity index (χ3n) is 3.74. The lowest BCUT2D eigenvalue weighted by Crippen LogP contribution is -2.08. The van der Waals surface area contributed by atoms with Gasteiger partial charge in [0.05, 0.1) is 12.2 Å². The van der Waals surface area contributed by atoms with Crippen LogP contribution in [0, 0.1) is 0 Å². The van der Waals surface area contributed by atoms with Gasteiger partial charge in [-0.25, -0.2) is 4.79 Å². The van der Waals surface area contributed by atoms with Crippen molar-refractivity contribution in [2.24, 2.45) is 0 Å². The number of carboxylic acids is 1. The van der Waals surface area contributed by atoms with Crippen molar-refractivity contribution in [3.63, 3.8) is 0 Å². The summed E-state index contributed by atoms with van der Waals surface area (Å²) >= 11 is 0. The van der Waals surface area contributed by atoms with E-state index in [9.17, 15) is 9.90 Å². The van der Waals surface area contributed by atoms with Crippen LogP contribution in [0.15, 0.2) is 84.4 Å². The van der Waals surface area contributed by atoms with Gasteiger partial charge in [0.25, 0.3) is 0 Å². The molecule has 0 saturated carbocycles. The molecule has 4 heteroatoms. The Morgan fingerprint density at radius 1 is 1.12 bits per heavy atom. The molecule has 0 aliphatic carbocycles. The highest BCUT2D eigenvalue weighted by atomic mass is 16.5. The van der Waals surface area contributed by atoms with Gasteiger partial charge in [-0.1, -0.05) is 55.7 Å². The monoisotopic (exact) mass is 358 g/mol. The molecule has 0 aliphatic heterocycles. The molecule has 0 heterocycles. The predicted molar refractivity (Wildman–Crippen MR) is 108 cm³/mol. The van der Waals surface area contributed by atoms with Crippen molar-refractivity contribution in [1.82, 2.24) is 0 Å². The Hall–Kier alpha value is -2.75. The highest BCUT2D eigenvalue weighted by Crippen LogP contribution is 2.18. The van der Waals surface area contributed by atoms with Crippen molar-refractivity contribution < 1.29 is 19.4 Å². The smallest absolute Gasteiger partial charge is 0.339 e. The SMILES string of the molecule is C=CC(=C)COC(=C)/C=C(OCCC/C(C)=C(\C)C=C)\C(=C/C)C(=O)O. The van der Waals surface area contributed by atoms with Gasteiger partial charge in [0.1, 0.15) is 18.1 Å². The fourth-order valence-corrected chi connectivity index (χ4v) is 1.89. The molecule has 0 spiro atoms. The van der Waals surface area contributed by atoms with Gasteiger partial charge in [-0.2, -0.15) is 0 Å². The lowest BCUT2D eigenvalue weighted by atomic mass is 10.1. The molecule has 0 aliphatic rings. The van der Waals surface area contributed by atoms with E-state index in [1.54, 1.807) is 13.0 Å². The molecule has 26 heavy (non-hydrogen) atoms. The number of carboxylic acid groups (broad SMARTS) is 1. The average Bonchev–Trinajstić information content (AvgIpc) is 2.62. The molecular weight excluding hydrogens is 328 g/mol. The Kier molecular flexibility index (Phi) is 11.3. The Morgan fingerprint density at radius 3 is 2.27 bits per heavy atom. The van der Waals surface area contributed by atoms with Crippen LogP contribution in [0.1, 0.15) is 33.6 Å². The molecule has 0 bridgehead atoms. The summed E-state index contributed by atoms with van der Waals surface area (Å²) in [6, 6.07) is 0. The van der Waals surface area contributed by atoms with Gasteiger partial charge in [0, 0.05) is 6.08 Å². The van der Waals surface area contributed by atoms with Crippen LogP contribution in [0.25, 0.3) is 0 Å². The van der Waals surface area contributed by atoms with Gasteiger partial charge < -0.3 is 14.6 Å². The Morgan fingerprint density at radius 2 is 1.77 bits per heavy atom. The first-order valence-electron chi connectivity index (χ1n) is 8.41. The first-order valence-corrected chi connectivity index (χ1v) is 8.41. The molecule has 0 radical (unpaired) electrons. The number of aliphatic carboxylic acids is 1. The summed E-state index contributed by atoms with van der Waals surface area (Å²) in [7, 11) is 0. The highest BCUT2D eigenvalue weighted by molar-refractivity contribution is 5.91. The second-order valence-electron chi connectivity index (χ2n) is 5.75. The first kappa shape index (κ1) is 23.2. The van der Waals surface area contributed by atoms with E-state index >= 15 is 0 Å².